The zero-order valence-corrected chi connectivity index (χ0v) is 51.6. The van der Waals surface area contributed by atoms with Crippen LogP contribution in [-0.2, 0) is 0 Å². The maximum absolute atomic E-state index is 7.20. The van der Waals surface area contributed by atoms with Gasteiger partial charge >= 0.3 is 0 Å². The van der Waals surface area contributed by atoms with Crippen molar-refractivity contribution in [2.75, 3.05) is 9.80 Å². The number of nitrogens with zero attached hydrogens (tertiary/aromatic N) is 4. The molecule has 96 heavy (non-hydrogen) atoms. The van der Waals surface area contributed by atoms with Crippen LogP contribution in [0.25, 0.3) is 152 Å². The summed E-state index contributed by atoms with van der Waals surface area (Å²) in [7, 11) is 0. The van der Waals surface area contributed by atoms with Gasteiger partial charge in [-0.1, -0.05) is 218 Å². The van der Waals surface area contributed by atoms with Crippen molar-refractivity contribution >= 4 is 175 Å². The van der Waals surface area contributed by atoms with Gasteiger partial charge in [0.25, 0.3) is 0 Å². The molecule has 444 valence electrons. The lowest BCUT2D eigenvalue weighted by atomic mass is 9.93. The van der Waals surface area contributed by atoms with Gasteiger partial charge in [-0.2, -0.15) is 0 Å². The van der Waals surface area contributed by atoms with E-state index in [-0.39, 0.29) is 0 Å². The van der Waals surface area contributed by atoms with Gasteiger partial charge in [0.1, 0.15) is 0 Å². The number of benzene rings is 18. The molecule has 0 bridgehead atoms. The van der Waals surface area contributed by atoms with E-state index < -0.39 is 0 Å². The SMILES string of the molecule is c1ccc(-n2c3cc4c(cc3c3c5ccc6c7ccccc7ccc6c5ccc32)Oc2ccccc2N4c2cc3c4ccccc4c(N4c5ccccc5Oc5cc6c7c8ccc9c%10ccccc%10ccc9c8ccc7n(-c7ccccc7)c6cc54)cc3c3ccccc23)cc1. The summed E-state index contributed by atoms with van der Waals surface area (Å²) in [4.78, 5) is 4.92. The van der Waals surface area contributed by atoms with E-state index in [9.17, 15) is 0 Å². The van der Waals surface area contributed by atoms with E-state index >= 15 is 0 Å². The highest BCUT2D eigenvalue weighted by molar-refractivity contribution is 6.31. The molecular formula is C90H52N4O2. The first kappa shape index (κ1) is 51.7. The molecule has 0 aliphatic carbocycles. The summed E-state index contributed by atoms with van der Waals surface area (Å²) in [5, 5.41) is 26.3. The van der Waals surface area contributed by atoms with Gasteiger partial charge in [-0.05, 0) is 183 Å². The highest BCUT2D eigenvalue weighted by Gasteiger charge is 2.34. The van der Waals surface area contributed by atoms with Crippen molar-refractivity contribution in [1.29, 1.82) is 0 Å². The number of rotatable bonds is 4. The van der Waals surface area contributed by atoms with Crippen LogP contribution >= 0.6 is 0 Å². The van der Waals surface area contributed by atoms with Crippen LogP contribution in [0.3, 0.4) is 0 Å². The number of hydrogen-bond donors (Lipinski definition) is 0. The van der Waals surface area contributed by atoms with E-state index in [1.807, 2.05) is 0 Å². The Kier molecular flexibility index (Phi) is 10.4. The molecule has 6 nitrogen and oxygen atoms in total. The predicted octanol–water partition coefficient (Wildman–Crippen LogP) is 25.4. The summed E-state index contributed by atoms with van der Waals surface area (Å²) in [6.07, 6.45) is 0. The Balaban J connectivity index is 0.776. The van der Waals surface area contributed by atoms with Gasteiger partial charge in [0, 0.05) is 43.7 Å². The Labute approximate surface area is 549 Å². The van der Waals surface area contributed by atoms with Crippen molar-refractivity contribution in [3.63, 3.8) is 0 Å². The largest absolute Gasteiger partial charge is 0.453 e. The van der Waals surface area contributed by atoms with E-state index in [1.54, 1.807) is 0 Å². The average Bonchev–Trinajstić information content (AvgIpc) is 1.70. The van der Waals surface area contributed by atoms with Crippen molar-refractivity contribution < 1.29 is 9.47 Å². The number of aromatic nitrogens is 2. The summed E-state index contributed by atoms with van der Waals surface area (Å²) in [6.45, 7) is 0. The molecule has 2 aliphatic heterocycles. The van der Waals surface area contributed by atoms with Gasteiger partial charge < -0.3 is 28.4 Å². The Morgan fingerprint density at radius 1 is 0.177 bits per heavy atom. The standard InChI is InChI=1S/C90H52N4O2/c1-3-21-55(22-4-1)91-77-45-43-65-63-37-35-53-19-7-9-25-57(53)61(63)39-41-69(65)89(77)73-49-87-83(51-81(73)91)93(75-31-15-17-33-85(75)95-87)79-47-71-60-28-12-14-30-68(60)80(48-72(71)59-27-11-13-29-67(59)79)94-76-32-16-18-34-86(76)96-88-50-74-82(52-84(88)94)92(56-23-5-2-6-24-56)78-46-44-66-64-38-36-54-20-8-10-26-58(54)62(64)40-42-70(66)90(74)78/h1-52H. The third-order valence-electron chi connectivity index (χ3n) is 20.9. The van der Waals surface area contributed by atoms with Gasteiger partial charge in [-0.15, -0.1) is 0 Å². The van der Waals surface area contributed by atoms with Crippen LogP contribution in [0.1, 0.15) is 0 Å². The fraction of sp³-hybridized carbons (Fsp3) is 0. The molecule has 4 heterocycles. The van der Waals surface area contributed by atoms with Gasteiger partial charge in [-0.3, -0.25) is 0 Å². The molecule has 0 saturated carbocycles. The number of para-hydroxylation sites is 6. The van der Waals surface area contributed by atoms with Crippen molar-refractivity contribution in [3.05, 3.63) is 315 Å². The lowest BCUT2D eigenvalue weighted by molar-refractivity contribution is 0.477. The van der Waals surface area contributed by atoms with Crippen LogP contribution in [0.4, 0.5) is 34.1 Å². The second-order valence-corrected chi connectivity index (χ2v) is 25.8. The average molecular weight is 1220 g/mol. The summed E-state index contributed by atoms with van der Waals surface area (Å²) >= 11 is 0. The first-order valence-electron chi connectivity index (χ1n) is 33.0. The second kappa shape index (κ2) is 19.3. The van der Waals surface area contributed by atoms with E-state index in [1.165, 1.54) is 75.4 Å². The lowest BCUT2D eigenvalue weighted by Crippen LogP contribution is -2.17. The fourth-order valence-corrected chi connectivity index (χ4v) is 16.8. The van der Waals surface area contributed by atoms with E-state index in [0.717, 1.165) is 134 Å². The molecule has 0 fully saturated rings. The van der Waals surface area contributed by atoms with E-state index in [2.05, 4.69) is 334 Å². The number of ether oxygens (including phenoxy) is 2. The summed E-state index contributed by atoms with van der Waals surface area (Å²) in [6, 6.07) is 116. The topological polar surface area (TPSA) is 34.8 Å². The van der Waals surface area contributed by atoms with Crippen LogP contribution in [0.5, 0.6) is 23.0 Å². The molecule has 6 heteroatoms. The Morgan fingerprint density at radius 3 is 0.969 bits per heavy atom. The highest BCUT2D eigenvalue weighted by atomic mass is 16.5. The quantitative estimate of drug-likeness (QED) is 0.165. The molecule has 20 aromatic rings. The molecule has 18 aromatic carbocycles. The molecule has 0 radical (unpaired) electrons. The molecule has 0 amide bonds. The molecule has 0 atom stereocenters. The third-order valence-corrected chi connectivity index (χ3v) is 20.9. The molecule has 0 saturated heterocycles. The van der Waals surface area contributed by atoms with Crippen LogP contribution < -0.4 is 19.3 Å². The first-order chi connectivity index (χ1) is 47.6. The van der Waals surface area contributed by atoms with Gasteiger partial charge in [0.15, 0.2) is 23.0 Å². The van der Waals surface area contributed by atoms with Gasteiger partial charge in [0.2, 0.25) is 0 Å². The van der Waals surface area contributed by atoms with Crippen molar-refractivity contribution in [3.8, 4) is 34.4 Å². The second-order valence-electron chi connectivity index (χ2n) is 25.8. The van der Waals surface area contributed by atoms with Crippen LogP contribution in [0, 0.1) is 0 Å². The van der Waals surface area contributed by atoms with Crippen LogP contribution in [-0.4, -0.2) is 9.13 Å². The summed E-state index contributed by atoms with van der Waals surface area (Å²) in [5.74, 6) is 3.18. The van der Waals surface area contributed by atoms with Gasteiger partial charge in [0.05, 0.1) is 56.2 Å². The highest BCUT2D eigenvalue weighted by Crippen LogP contribution is 2.59. The molecule has 0 unspecified atom stereocenters. The van der Waals surface area contributed by atoms with Crippen LogP contribution in [0.15, 0.2) is 315 Å². The zero-order chi connectivity index (χ0) is 62.4. The maximum atomic E-state index is 7.20. The first-order valence-corrected chi connectivity index (χ1v) is 33.0. The Bertz CT molecular complexity index is 6430. The predicted molar refractivity (Wildman–Crippen MR) is 402 cm³/mol. The maximum Gasteiger partial charge on any atom is 0.152 e. The Hall–Kier alpha value is -12.9. The van der Waals surface area contributed by atoms with Crippen molar-refractivity contribution in [2.45, 2.75) is 0 Å². The minimum Gasteiger partial charge on any atom is -0.453 e. The Morgan fingerprint density at radius 2 is 0.510 bits per heavy atom. The monoisotopic (exact) mass is 1220 g/mol. The number of anilines is 6. The van der Waals surface area contributed by atoms with E-state index in [4.69, 9.17) is 9.47 Å². The normalized spacial score (nSPS) is 12.9. The fourth-order valence-electron chi connectivity index (χ4n) is 16.8. The molecular weight excluding hydrogens is 1170 g/mol. The minimum atomic E-state index is 0.793. The lowest BCUT2D eigenvalue weighted by Gasteiger charge is -2.35. The molecule has 2 aromatic heterocycles. The van der Waals surface area contributed by atoms with Crippen LogP contribution in [0.2, 0.25) is 0 Å². The molecule has 22 rings (SSSR count). The molecule has 2 aliphatic rings. The number of fused-ring (bicyclic) bond motifs is 27. The summed E-state index contributed by atoms with van der Waals surface area (Å²) < 4.78 is 19.3. The van der Waals surface area contributed by atoms with Crippen molar-refractivity contribution in [1.82, 2.24) is 9.13 Å². The van der Waals surface area contributed by atoms with Gasteiger partial charge in [-0.25, -0.2) is 0 Å². The molecule has 0 spiro atoms. The van der Waals surface area contributed by atoms with E-state index in [0.29, 0.717) is 0 Å². The summed E-state index contributed by atoms with van der Waals surface area (Å²) in [5.41, 5.74) is 12.6. The minimum absolute atomic E-state index is 0.793. The number of hydrogen-bond acceptors (Lipinski definition) is 4. The molecule has 0 N–H and O–H groups in total. The van der Waals surface area contributed by atoms with Crippen molar-refractivity contribution in [2.24, 2.45) is 0 Å². The smallest absolute Gasteiger partial charge is 0.152 e. The zero-order valence-electron chi connectivity index (χ0n) is 51.6. The third kappa shape index (κ3) is 7.08.